The Bertz CT molecular complexity index is 889. The summed E-state index contributed by atoms with van der Waals surface area (Å²) in [5, 5.41) is 12.6. The van der Waals surface area contributed by atoms with E-state index in [0.717, 1.165) is 6.42 Å². The second kappa shape index (κ2) is 10.0. The number of rotatable bonds is 7. The molecule has 0 radical (unpaired) electrons. The molecule has 27 heavy (non-hydrogen) atoms. The Hall–Kier alpha value is -2.49. The zero-order chi connectivity index (χ0) is 19.8. The zero-order valence-electron chi connectivity index (χ0n) is 14.9. The molecule has 0 saturated carbocycles. The number of anilines is 1. The minimum absolute atomic E-state index is 0.0406. The van der Waals surface area contributed by atoms with E-state index >= 15 is 0 Å². The van der Waals surface area contributed by atoms with Crippen molar-refractivity contribution < 1.29 is 14.3 Å². The number of hydrogen-bond acceptors (Lipinski definition) is 4. The molecule has 0 spiro atoms. The highest BCUT2D eigenvalue weighted by Crippen LogP contribution is 2.37. The van der Waals surface area contributed by atoms with E-state index in [4.69, 9.17) is 21.1 Å². The number of nitrogens with zero attached hydrogens (tertiary/aromatic N) is 1. The number of amides is 1. The largest absolute Gasteiger partial charge is 0.493 e. The molecule has 7 heteroatoms. The highest BCUT2D eigenvalue weighted by molar-refractivity contribution is 9.10. The Morgan fingerprint density at radius 1 is 1.33 bits per heavy atom. The van der Waals surface area contributed by atoms with Crippen molar-refractivity contribution in [3.05, 3.63) is 57.0 Å². The van der Waals surface area contributed by atoms with Crippen molar-refractivity contribution in [3.8, 4) is 17.6 Å². The van der Waals surface area contributed by atoms with Crippen LogP contribution in [-0.4, -0.2) is 19.6 Å². The van der Waals surface area contributed by atoms with Crippen LogP contribution in [-0.2, 0) is 4.79 Å². The van der Waals surface area contributed by atoms with Gasteiger partial charge in [0.25, 0.3) is 5.91 Å². The SMILES string of the molecule is CCCOc1c(Br)cc(/C=C(/C#N)C(=O)Nc2ccc(Cl)cc2)cc1OC. The highest BCUT2D eigenvalue weighted by atomic mass is 79.9. The van der Waals surface area contributed by atoms with E-state index in [1.54, 1.807) is 36.4 Å². The second-order valence-electron chi connectivity index (χ2n) is 5.51. The van der Waals surface area contributed by atoms with Crippen LogP contribution in [0, 0.1) is 11.3 Å². The molecule has 140 valence electrons. The molecule has 0 aliphatic heterocycles. The Morgan fingerprint density at radius 2 is 2.04 bits per heavy atom. The van der Waals surface area contributed by atoms with Crippen LogP contribution in [0.15, 0.2) is 46.4 Å². The molecule has 0 heterocycles. The minimum atomic E-state index is -0.513. The Kier molecular flexibility index (Phi) is 7.71. The highest BCUT2D eigenvalue weighted by Gasteiger charge is 2.14. The van der Waals surface area contributed by atoms with Crippen LogP contribution in [0.5, 0.6) is 11.5 Å². The third kappa shape index (κ3) is 5.75. The number of hydrogen-bond donors (Lipinski definition) is 1. The maximum absolute atomic E-state index is 12.4. The average molecular weight is 450 g/mol. The summed E-state index contributed by atoms with van der Waals surface area (Å²) in [6.07, 6.45) is 2.35. The van der Waals surface area contributed by atoms with Gasteiger partial charge in [0, 0.05) is 10.7 Å². The molecule has 0 aromatic heterocycles. The van der Waals surface area contributed by atoms with E-state index in [0.29, 0.717) is 38.9 Å². The first-order chi connectivity index (χ1) is 13.0. The van der Waals surface area contributed by atoms with Gasteiger partial charge in [0.1, 0.15) is 11.6 Å². The van der Waals surface area contributed by atoms with Crippen LogP contribution < -0.4 is 14.8 Å². The molecule has 2 rings (SSSR count). The van der Waals surface area contributed by atoms with Gasteiger partial charge in [-0.1, -0.05) is 18.5 Å². The van der Waals surface area contributed by atoms with Gasteiger partial charge in [0.15, 0.2) is 11.5 Å². The van der Waals surface area contributed by atoms with E-state index in [9.17, 15) is 10.1 Å². The molecule has 2 aromatic carbocycles. The van der Waals surface area contributed by atoms with Gasteiger partial charge in [0.2, 0.25) is 0 Å². The van der Waals surface area contributed by atoms with Crippen LogP contribution in [0.1, 0.15) is 18.9 Å². The number of benzene rings is 2. The zero-order valence-corrected chi connectivity index (χ0v) is 17.2. The quantitative estimate of drug-likeness (QED) is 0.451. The summed E-state index contributed by atoms with van der Waals surface area (Å²) >= 11 is 9.28. The van der Waals surface area contributed by atoms with Crippen molar-refractivity contribution in [2.24, 2.45) is 0 Å². The number of carbonyl (C=O) groups excluding carboxylic acids is 1. The fraction of sp³-hybridized carbons (Fsp3) is 0.200. The monoisotopic (exact) mass is 448 g/mol. The first kappa shape index (κ1) is 20.8. The Balaban J connectivity index is 2.28. The fourth-order valence-electron chi connectivity index (χ4n) is 2.21. The lowest BCUT2D eigenvalue weighted by Crippen LogP contribution is -2.13. The lowest BCUT2D eigenvalue weighted by molar-refractivity contribution is -0.112. The van der Waals surface area contributed by atoms with E-state index in [2.05, 4.69) is 21.2 Å². The smallest absolute Gasteiger partial charge is 0.266 e. The van der Waals surface area contributed by atoms with Gasteiger partial charge in [-0.2, -0.15) is 5.26 Å². The van der Waals surface area contributed by atoms with Gasteiger partial charge in [-0.05, 0) is 70.4 Å². The summed E-state index contributed by atoms with van der Waals surface area (Å²) in [5.41, 5.74) is 1.14. The molecule has 0 bridgehead atoms. The van der Waals surface area contributed by atoms with E-state index in [1.165, 1.54) is 13.2 Å². The Labute approximate surface area is 171 Å². The number of ether oxygens (including phenoxy) is 2. The summed E-state index contributed by atoms with van der Waals surface area (Å²) in [4.78, 5) is 12.4. The average Bonchev–Trinajstić information content (AvgIpc) is 2.66. The molecule has 0 atom stereocenters. The van der Waals surface area contributed by atoms with Crippen LogP contribution in [0.4, 0.5) is 5.69 Å². The van der Waals surface area contributed by atoms with Gasteiger partial charge in [0.05, 0.1) is 18.2 Å². The summed E-state index contributed by atoms with van der Waals surface area (Å²) < 4.78 is 11.7. The van der Waals surface area contributed by atoms with Gasteiger partial charge in [-0.3, -0.25) is 4.79 Å². The number of halogens is 2. The van der Waals surface area contributed by atoms with E-state index in [-0.39, 0.29) is 5.57 Å². The first-order valence-electron chi connectivity index (χ1n) is 8.17. The van der Waals surface area contributed by atoms with Gasteiger partial charge < -0.3 is 14.8 Å². The van der Waals surface area contributed by atoms with Crippen molar-refractivity contribution in [2.75, 3.05) is 19.0 Å². The second-order valence-corrected chi connectivity index (χ2v) is 6.80. The molecular formula is C20H18BrClN2O3. The van der Waals surface area contributed by atoms with Crippen LogP contribution in [0.2, 0.25) is 5.02 Å². The van der Waals surface area contributed by atoms with Crippen molar-refractivity contribution >= 4 is 45.2 Å². The standard InChI is InChI=1S/C20H18BrClN2O3/c1-3-8-27-19-17(21)10-13(11-18(19)26-2)9-14(12-23)20(25)24-16-6-4-15(22)5-7-16/h4-7,9-11H,3,8H2,1-2H3,(H,24,25)/b14-9-. The van der Waals surface area contributed by atoms with Crippen molar-refractivity contribution in [3.63, 3.8) is 0 Å². The lowest BCUT2D eigenvalue weighted by Gasteiger charge is -2.13. The maximum Gasteiger partial charge on any atom is 0.266 e. The van der Waals surface area contributed by atoms with E-state index in [1.807, 2.05) is 13.0 Å². The normalized spacial score (nSPS) is 10.9. The number of nitriles is 1. The molecule has 0 aliphatic carbocycles. The maximum atomic E-state index is 12.4. The lowest BCUT2D eigenvalue weighted by atomic mass is 10.1. The molecule has 2 aromatic rings. The summed E-state index contributed by atoms with van der Waals surface area (Å²) in [5.74, 6) is 0.585. The van der Waals surface area contributed by atoms with E-state index < -0.39 is 5.91 Å². The summed E-state index contributed by atoms with van der Waals surface area (Å²) in [7, 11) is 1.53. The van der Waals surface area contributed by atoms with Crippen LogP contribution in [0.3, 0.4) is 0 Å². The molecule has 1 N–H and O–H groups in total. The van der Waals surface area contributed by atoms with Gasteiger partial charge in [-0.25, -0.2) is 0 Å². The topological polar surface area (TPSA) is 71.3 Å². The number of carbonyl (C=O) groups is 1. The number of nitrogens with one attached hydrogen (secondary N) is 1. The summed E-state index contributed by atoms with van der Waals surface area (Å²) in [6.45, 7) is 2.56. The first-order valence-corrected chi connectivity index (χ1v) is 9.34. The predicted octanol–water partition coefficient (Wildman–Crippen LogP) is 5.45. The van der Waals surface area contributed by atoms with Gasteiger partial charge >= 0.3 is 0 Å². The van der Waals surface area contributed by atoms with Gasteiger partial charge in [-0.15, -0.1) is 0 Å². The van der Waals surface area contributed by atoms with Crippen molar-refractivity contribution in [1.29, 1.82) is 5.26 Å². The number of methoxy groups -OCH3 is 1. The molecule has 0 fully saturated rings. The molecular weight excluding hydrogens is 432 g/mol. The molecule has 1 amide bonds. The molecule has 0 unspecified atom stereocenters. The van der Waals surface area contributed by atoms with Crippen LogP contribution in [0.25, 0.3) is 6.08 Å². The molecule has 0 saturated heterocycles. The third-order valence-corrected chi connectivity index (χ3v) is 4.32. The fourth-order valence-corrected chi connectivity index (χ4v) is 2.91. The molecule has 5 nitrogen and oxygen atoms in total. The summed E-state index contributed by atoms with van der Waals surface area (Å²) in [6, 6.07) is 12.0. The molecule has 0 aliphatic rings. The van der Waals surface area contributed by atoms with Crippen molar-refractivity contribution in [2.45, 2.75) is 13.3 Å². The Morgan fingerprint density at radius 3 is 2.63 bits per heavy atom. The third-order valence-electron chi connectivity index (χ3n) is 3.48. The minimum Gasteiger partial charge on any atom is -0.493 e. The predicted molar refractivity (Wildman–Crippen MR) is 110 cm³/mol. The van der Waals surface area contributed by atoms with Crippen LogP contribution >= 0.6 is 27.5 Å². The van der Waals surface area contributed by atoms with Crippen molar-refractivity contribution in [1.82, 2.24) is 0 Å².